The number of ether oxygens (including phenoxy) is 1. The number of nitrogens with one attached hydrogen (secondary N) is 1. The normalized spacial score (nSPS) is 13.3. The second-order valence-corrected chi connectivity index (χ2v) is 10.3. The molecule has 0 atom stereocenters. The van der Waals surface area contributed by atoms with Crippen LogP contribution < -0.4 is 14.4 Å². The highest BCUT2D eigenvalue weighted by molar-refractivity contribution is 7.92. The van der Waals surface area contributed by atoms with E-state index in [0.29, 0.717) is 36.7 Å². The van der Waals surface area contributed by atoms with Crippen molar-refractivity contribution in [3.63, 3.8) is 0 Å². The summed E-state index contributed by atoms with van der Waals surface area (Å²) in [5.41, 5.74) is 0.745. The van der Waals surface area contributed by atoms with Gasteiger partial charge >= 0.3 is 0 Å². The van der Waals surface area contributed by atoms with Crippen LogP contribution in [0.5, 0.6) is 5.75 Å². The molecular formula is C27H28FN3O5S. The molecule has 0 aromatic heterocycles. The topological polar surface area (TPSA) is 96.0 Å². The van der Waals surface area contributed by atoms with Crippen molar-refractivity contribution in [2.45, 2.75) is 24.7 Å². The SMILES string of the molecule is CCOc1ccc(S(=O)(=O)N(CC(=O)Nc2ccccc2C(=O)N2CCCC2)c2ccc(F)cc2)cc1. The fraction of sp³-hybridized carbons (Fsp3) is 0.259. The Hall–Kier alpha value is -3.92. The molecule has 0 spiro atoms. The zero-order chi connectivity index (χ0) is 26.4. The van der Waals surface area contributed by atoms with Gasteiger partial charge in [-0.3, -0.25) is 13.9 Å². The van der Waals surface area contributed by atoms with Crippen molar-refractivity contribution in [2.24, 2.45) is 0 Å². The van der Waals surface area contributed by atoms with Crippen molar-refractivity contribution < 1.29 is 27.1 Å². The quantitative estimate of drug-likeness (QED) is 0.450. The fourth-order valence-electron chi connectivity index (χ4n) is 4.11. The van der Waals surface area contributed by atoms with Crippen LogP contribution in [0.2, 0.25) is 0 Å². The van der Waals surface area contributed by atoms with Gasteiger partial charge in [0, 0.05) is 13.1 Å². The maximum Gasteiger partial charge on any atom is 0.264 e. The minimum Gasteiger partial charge on any atom is -0.494 e. The van der Waals surface area contributed by atoms with Crippen LogP contribution in [0.25, 0.3) is 0 Å². The summed E-state index contributed by atoms with van der Waals surface area (Å²) in [6.45, 7) is 2.96. The number of amides is 2. The van der Waals surface area contributed by atoms with Gasteiger partial charge in [-0.05, 0) is 80.4 Å². The molecule has 1 heterocycles. The Morgan fingerprint density at radius 3 is 2.27 bits per heavy atom. The van der Waals surface area contributed by atoms with E-state index in [9.17, 15) is 22.4 Å². The fourth-order valence-corrected chi connectivity index (χ4v) is 5.53. The smallest absolute Gasteiger partial charge is 0.264 e. The molecule has 3 aromatic carbocycles. The van der Waals surface area contributed by atoms with Crippen molar-refractivity contribution in [1.82, 2.24) is 4.90 Å². The summed E-state index contributed by atoms with van der Waals surface area (Å²) in [5.74, 6) is -0.876. The molecule has 8 nitrogen and oxygen atoms in total. The molecule has 1 fully saturated rings. The molecule has 1 N–H and O–H groups in total. The van der Waals surface area contributed by atoms with Crippen LogP contribution in [0.4, 0.5) is 15.8 Å². The summed E-state index contributed by atoms with van der Waals surface area (Å²) in [5, 5.41) is 2.69. The third kappa shape index (κ3) is 6.08. The predicted molar refractivity (Wildman–Crippen MR) is 139 cm³/mol. The molecule has 2 amide bonds. The first-order valence-electron chi connectivity index (χ1n) is 12.0. The number of sulfonamides is 1. The molecule has 4 rings (SSSR count). The summed E-state index contributed by atoms with van der Waals surface area (Å²) in [7, 11) is -4.21. The van der Waals surface area contributed by atoms with E-state index in [-0.39, 0.29) is 16.5 Å². The Morgan fingerprint density at radius 2 is 1.62 bits per heavy atom. The molecule has 0 bridgehead atoms. The summed E-state index contributed by atoms with van der Waals surface area (Å²) >= 11 is 0. The first-order chi connectivity index (χ1) is 17.8. The van der Waals surface area contributed by atoms with Gasteiger partial charge in [0.15, 0.2) is 0 Å². The van der Waals surface area contributed by atoms with E-state index in [2.05, 4.69) is 5.32 Å². The lowest BCUT2D eigenvalue weighted by atomic mass is 10.1. The van der Waals surface area contributed by atoms with Gasteiger partial charge in [0.2, 0.25) is 5.91 Å². The minimum atomic E-state index is -4.21. The number of carbonyl (C=O) groups is 2. The van der Waals surface area contributed by atoms with E-state index in [1.165, 1.54) is 36.4 Å². The highest BCUT2D eigenvalue weighted by atomic mass is 32.2. The molecule has 1 aliphatic heterocycles. The van der Waals surface area contributed by atoms with E-state index in [1.54, 1.807) is 29.2 Å². The number of para-hydroxylation sites is 1. The number of hydrogen-bond donors (Lipinski definition) is 1. The molecule has 3 aromatic rings. The third-order valence-corrected chi connectivity index (χ3v) is 7.74. The first-order valence-corrected chi connectivity index (χ1v) is 13.4. The van der Waals surface area contributed by atoms with Gasteiger partial charge in [0.1, 0.15) is 18.1 Å². The van der Waals surface area contributed by atoms with Crippen molar-refractivity contribution >= 4 is 33.2 Å². The molecule has 0 radical (unpaired) electrons. The van der Waals surface area contributed by atoms with Crippen molar-refractivity contribution in [3.8, 4) is 5.75 Å². The maximum atomic E-state index is 13.6. The number of hydrogen-bond acceptors (Lipinski definition) is 5. The second-order valence-electron chi connectivity index (χ2n) is 8.49. The van der Waals surface area contributed by atoms with Crippen LogP contribution in [0, 0.1) is 5.82 Å². The lowest BCUT2D eigenvalue weighted by Crippen LogP contribution is -2.38. The van der Waals surface area contributed by atoms with E-state index in [4.69, 9.17) is 4.74 Å². The Balaban J connectivity index is 1.61. The summed E-state index contributed by atoms with van der Waals surface area (Å²) < 4.78 is 47.0. The van der Waals surface area contributed by atoms with Gasteiger partial charge in [-0.25, -0.2) is 12.8 Å². The average Bonchev–Trinajstić information content (AvgIpc) is 3.44. The molecule has 194 valence electrons. The first kappa shape index (κ1) is 26.2. The highest BCUT2D eigenvalue weighted by Gasteiger charge is 2.28. The molecule has 0 saturated carbocycles. The number of anilines is 2. The van der Waals surface area contributed by atoms with Crippen LogP contribution in [-0.2, 0) is 14.8 Å². The number of nitrogens with zero attached hydrogens (tertiary/aromatic N) is 2. The minimum absolute atomic E-state index is 0.0577. The van der Waals surface area contributed by atoms with Crippen LogP contribution in [0.15, 0.2) is 77.7 Å². The van der Waals surface area contributed by atoms with Crippen molar-refractivity contribution in [3.05, 3.63) is 84.2 Å². The van der Waals surface area contributed by atoms with E-state index < -0.39 is 28.3 Å². The third-order valence-electron chi connectivity index (χ3n) is 5.95. The second kappa shape index (κ2) is 11.4. The van der Waals surface area contributed by atoms with Crippen molar-refractivity contribution in [2.75, 3.05) is 35.9 Å². The Labute approximate surface area is 215 Å². The van der Waals surface area contributed by atoms with Gasteiger partial charge in [-0.1, -0.05) is 12.1 Å². The highest BCUT2D eigenvalue weighted by Crippen LogP contribution is 2.26. The average molecular weight is 526 g/mol. The summed E-state index contributed by atoms with van der Waals surface area (Å²) in [4.78, 5) is 27.8. The number of halogens is 1. The summed E-state index contributed by atoms with van der Waals surface area (Å²) in [6.07, 6.45) is 1.85. The van der Waals surface area contributed by atoms with Gasteiger partial charge in [-0.2, -0.15) is 0 Å². The molecule has 0 unspecified atom stereocenters. The van der Waals surface area contributed by atoms with E-state index in [0.717, 1.165) is 29.3 Å². The molecule has 10 heteroatoms. The number of benzene rings is 3. The van der Waals surface area contributed by atoms with Crippen molar-refractivity contribution in [1.29, 1.82) is 0 Å². The molecule has 1 aliphatic rings. The predicted octanol–water partition coefficient (Wildman–Crippen LogP) is 4.29. The van der Waals surface area contributed by atoms with Crippen LogP contribution >= 0.6 is 0 Å². The zero-order valence-electron chi connectivity index (χ0n) is 20.4. The largest absolute Gasteiger partial charge is 0.494 e. The molecular weight excluding hydrogens is 497 g/mol. The Kier molecular flexibility index (Phi) is 8.08. The van der Waals surface area contributed by atoms with E-state index in [1.807, 2.05) is 6.92 Å². The Morgan fingerprint density at radius 1 is 0.973 bits per heavy atom. The van der Waals surface area contributed by atoms with Gasteiger partial charge < -0.3 is 15.0 Å². The molecule has 1 saturated heterocycles. The number of carbonyl (C=O) groups excluding carboxylic acids is 2. The van der Waals surface area contributed by atoms with Gasteiger partial charge in [0.25, 0.3) is 15.9 Å². The number of rotatable bonds is 9. The lowest BCUT2D eigenvalue weighted by molar-refractivity contribution is -0.114. The van der Waals surface area contributed by atoms with Crippen LogP contribution in [0.1, 0.15) is 30.1 Å². The monoisotopic (exact) mass is 525 g/mol. The summed E-state index contributed by atoms with van der Waals surface area (Å²) in [6, 6.07) is 17.3. The molecule has 37 heavy (non-hydrogen) atoms. The lowest BCUT2D eigenvalue weighted by Gasteiger charge is -2.24. The Bertz CT molecular complexity index is 1360. The maximum absolute atomic E-state index is 13.6. The molecule has 0 aliphatic carbocycles. The van der Waals surface area contributed by atoms with Crippen LogP contribution in [0.3, 0.4) is 0 Å². The van der Waals surface area contributed by atoms with Crippen LogP contribution in [-0.4, -0.2) is 51.4 Å². The number of likely N-dealkylation sites (tertiary alicyclic amines) is 1. The van der Waals surface area contributed by atoms with E-state index >= 15 is 0 Å². The standard InChI is InChI=1S/C27H28FN3O5S/c1-2-36-22-13-15-23(16-14-22)37(34,35)31(21-11-9-20(28)10-12-21)19-26(32)29-25-8-4-3-7-24(25)27(33)30-17-5-6-18-30/h3-4,7-16H,2,5-6,17-19H2,1H3,(H,29,32). The van der Waals surface area contributed by atoms with Gasteiger partial charge in [-0.15, -0.1) is 0 Å². The van der Waals surface area contributed by atoms with Gasteiger partial charge in [0.05, 0.1) is 28.4 Å². The zero-order valence-corrected chi connectivity index (χ0v) is 21.2.